The van der Waals surface area contributed by atoms with E-state index in [0.717, 1.165) is 56.3 Å². The summed E-state index contributed by atoms with van der Waals surface area (Å²) in [5, 5.41) is 0. The maximum atomic E-state index is 13.9. The van der Waals surface area contributed by atoms with E-state index in [1.807, 2.05) is 12.3 Å². The zero-order chi connectivity index (χ0) is 22.2. The molecule has 32 heavy (non-hydrogen) atoms. The van der Waals surface area contributed by atoms with Crippen molar-refractivity contribution in [2.75, 3.05) is 6.54 Å². The lowest BCUT2D eigenvalue weighted by molar-refractivity contribution is 0.183. The van der Waals surface area contributed by atoms with Crippen LogP contribution in [0.4, 0.5) is 4.39 Å². The summed E-state index contributed by atoms with van der Waals surface area (Å²) in [5.41, 5.74) is 3.44. The molecule has 4 rings (SSSR count). The average molecular weight is 434 g/mol. The smallest absolute Gasteiger partial charge is 0.140 e. The van der Waals surface area contributed by atoms with Crippen LogP contribution < -0.4 is 0 Å². The number of imidazole rings is 1. The van der Waals surface area contributed by atoms with Gasteiger partial charge < -0.3 is 4.57 Å². The predicted octanol–water partition coefficient (Wildman–Crippen LogP) is 7.07. The molecule has 0 spiro atoms. The number of hydrogen-bond donors (Lipinski definition) is 0. The Balaban J connectivity index is 1.59. The Hall–Kier alpha value is -2.46. The third kappa shape index (κ3) is 6.07. The van der Waals surface area contributed by atoms with E-state index in [1.54, 1.807) is 12.1 Å². The highest BCUT2D eigenvalue weighted by Gasteiger charge is 2.20. The summed E-state index contributed by atoms with van der Waals surface area (Å²) >= 11 is 0. The second-order valence-electron chi connectivity index (χ2n) is 9.25. The highest BCUT2D eigenvalue weighted by molar-refractivity contribution is 5.56. The molecule has 0 radical (unpaired) electrons. The summed E-state index contributed by atoms with van der Waals surface area (Å²) in [4.78, 5) is 7.35. The standard InChI is InChI=1S/C28H36FN3/c1-2-3-17-32-27(19-30-28(32)25-15-10-16-26(29)18-25)22-31(20-23-11-6-4-7-12-23)21-24-13-8-5-9-14-24/h4,6-7,10-12,15-16,18-19,24H,2-3,5,8-9,13-14,17,20-22H2,1H3. The monoisotopic (exact) mass is 433 g/mol. The van der Waals surface area contributed by atoms with Crippen LogP contribution in [0.3, 0.4) is 0 Å². The van der Waals surface area contributed by atoms with Gasteiger partial charge >= 0.3 is 0 Å². The molecule has 0 saturated heterocycles. The van der Waals surface area contributed by atoms with Crippen LogP contribution in [0, 0.1) is 11.7 Å². The van der Waals surface area contributed by atoms with E-state index in [4.69, 9.17) is 4.98 Å². The van der Waals surface area contributed by atoms with Crippen LogP contribution in [-0.4, -0.2) is 21.0 Å². The Morgan fingerprint density at radius 3 is 2.56 bits per heavy atom. The molecule has 1 aliphatic carbocycles. The van der Waals surface area contributed by atoms with Crippen molar-refractivity contribution in [3.63, 3.8) is 0 Å². The minimum absolute atomic E-state index is 0.211. The first-order valence-electron chi connectivity index (χ1n) is 12.3. The predicted molar refractivity (Wildman–Crippen MR) is 130 cm³/mol. The molecule has 2 aromatic carbocycles. The van der Waals surface area contributed by atoms with Gasteiger partial charge in [0.2, 0.25) is 0 Å². The molecule has 1 fully saturated rings. The fourth-order valence-corrected chi connectivity index (χ4v) is 4.95. The number of halogens is 1. The quantitative estimate of drug-likeness (QED) is 0.341. The Morgan fingerprint density at radius 2 is 1.81 bits per heavy atom. The minimum atomic E-state index is -0.211. The van der Waals surface area contributed by atoms with Gasteiger partial charge in [0.05, 0.1) is 11.9 Å². The van der Waals surface area contributed by atoms with Crippen molar-refractivity contribution in [2.24, 2.45) is 5.92 Å². The summed E-state index contributed by atoms with van der Waals surface area (Å²) in [6.45, 7) is 6.08. The summed E-state index contributed by atoms with van der Waals surface area (Å²) in [7, 11) is 0. The minimum Gasteiger partial charge on any atom is -0.327 e. The largest absolute Gasteiger partial charge is 0.327 e. The highest BCUT2D eigenvalue weighted by Crippen LogP contribution is 2.27. The molecule has 0 aliphatic heterocycles. The van der Waals surface area contributed by atoms with E-state index in [9.17, 15) is 4.39 Å². The van der Waals surface area contributed by atoms with Gasteiger partial charge in [-0.3, -0.25) is 4.90 Å². The van der Waals surface area contributed by atoms with Crippen LogP contribution in [-0.2, 0) is 19.6 Å². The third-order valence-electron chi connectivity index (χ3n) is 6.63. The van der Waals surface area contributed by atoms with Gasteiger partial charge in [-0.1, -0.05) is 75.1 Å². The van der Waals surface area contributed by atoms with Crippen molar-refractivity contribution in [3.05, 3.63) is 77.9 Å². The van der Waals surface area contributed by atoms with Crippen molar-refractivity contribution in [1.82, 2.24) is 14.5 Å². The van der Waals surface area contributed by atoms with Crippen molar-refractivity contribution in [2.45, 2.75) is 71.5 Å². The molecule has 0 amide bonds. The summed E-state index contributed by atoms with van der Waals surface area (Å²) in [6.07, 6.45) is 11.0. The van der Waals surface area contributed by atoms with Gasteiger partial charge in [-0.15, -0.1) is 0 Å². The molecule has 0 N–H and O–H groups in total. The van der Waals surface area contributed by atoms with Crippen LogP contribution in [0.5, 0.6) is 0 Å². The molecule has 0 bridgehead atoms. The molecule has 4 heteroatoms. The molecule has 1 saturated carbocycles. The average Bonchev–Trinajstić information content (AvgIpc) is 3.21. The van der Waals surface area contributed by atoms with E-state index in [0.29, 0.717) is 0 Å². The van der Waals surface area contributed by atoms with E-state index in [1.165, 1.54) is 49.4 Å². The first kappa shape index (κ1) is 22.7. The highest BCUT2D eigenvalue weighted by atomic mass is 19.1. The zero-order valence-electron chi connectivity index (χ0n) is 19.3. The van der Waals surface area contributed by atoms with Gasteiger partial charge in [0.1, 0.15) is 11.6 Å². The molecule has 3 aromatic rings. The van der Waals surface area contributed by atoms with Crippen LogP contribution >= 0.6 is 0 Å². The number of aromatic nitrogens is 2. The molecule has 0 unspecified atom stereocenters. The Kier molecular flexibility index (Phi) is 8.11. The Morgan fingerprint density at radius 1 is 1.00 bits per heavy atom. The summed E-state index contributed by atoms with van der Waals surface area (Å²) in [5.74, 6) is 1.45. The second-order valence-corrected chi connectivity index (χ2v) is 9.25. The fourth-order valence-electron chi connectivity index (χ4n) is 4.95. The molecular weight excluding hydrogens is 397 g/mol. The SMILES string of the molecule is CCCCn1c(CN(Cc2ccccc2)CC2CCCCC2)cnc1-c1cccc(F)c1. The van der Waals surface area contributed by atoms with Crippen molar-refractivity contribution in [1.29, 1.82) is 0 Å². The second kappa shape index (κ2) is 11.4. The lowest BCUT2D eigenvalue weighted by Crippen LogP contribution is -2.30. The fraction of sp³-hybridized carbons (Fsp3) is 0.464. The molecule has 170 valence electrons. The number of nitrogens with zero attached hydrogens (tertiary/aromatic N) is 3. The van der Waals surface area contributed by atoms with E-state index >= 15 is 0 Å². The number of hydrogen-bond acceptors (Lipinski definition) is 2. The lowest BCUT2D eigenvalue weighted by Gasteiger charge is -2.30. The molecule has 0 atom stereocenters. The van der Waals surface area contributed by atoms with Gasteiger partial charge in [0, 0.05) is 31.7 Å². The summed E-state index contributed by atoms with van der Waals surface area (Å²) in [6, 6.07) is 17.6. The van der Waals surface area contributed by atoms with Crippen LogP contribution in [0.1, 0.15) is 63.1 Å². The van der Waals surface area contributed by atoms with Crippen LogP contribution in [0.25, 0.3) is 11.4 Å². The Bertz CT molecular complexity index is 960. The van der Waals surface area contributed by atoms with E-state index in [-0.39, 0.29) is 5.82 Å². The molecular formula is C28H36FN3. The summed E-state index contributed by atoms with van der Waals surface area (Å²) < 4.78 is 16.2. The molecule has 3 nitrogen and oxygen atoms in total. The third-order valence-corrected chi connectivity index (χ3v) is 6.63. The maximum Gasteiger partial charge on any atom is 0.140 e. The van der Waals surface area contributed by atoms with Crippen molar-refractivity contribution in [3.8, 4) is 11.4 Å². The van der Waals surface area contributed by atoms with E-state index in [2.05, 4.69) is 46.7 Å². The normalized spacial score (nSPS) is 14.8. The molecule has 1 heterocycles. The first-order chi connectivity index (χ1) is 15.7. The Labute approximate surface area is 192 Å². The van der Waals surface area contributed by atoms with Gasteiger partial charge in [0.25, 0.3) is 0 Å². The van der Waals surface area contributed by atoms with Gasteiger partial charge in [-0.05, 0) is 42.9 Å². The van der Waals surface area contributed by atoms with E-state index < -0.39 is 0 Å². The van der Waals surface area contributed by atoms with Crippen molar-refractivity contribution >= 4 is 0 Å². The molecule has 1 aliphatic rings. The van der Waals surface area contributed by atoms with Gasteiger partial charge in [-0.2, -0.15) is 0 Å². The number of rotatable bonds is 10. The van der Waals surface area contributed by atoms with Crippen LogP contribution in [0.2, 0.25) is 0 Å². The van der Waals surface area contributed by atoms with Crippen LogP contribution in [0.15, 0.2) is 60.8 Å². The number of benzene rings is 2. The maximum absolute atomic E-state index is 13.9. The molecule has 1 aromatic heterocycles. The zero-order valence-corrected chi connectivity index (χ0v) is 19.3. The van der Waals surface area contributed by atoms with Gasteiger partial charge in [-0.25, -0.2) is 9.37 Å². The topological polar surface area (TPSA) is 21.1 Å². The lowest BCUT2D eigenvalue weighted by atomic mass is 9.89. The van der Waals surface area contributed by atoms with Gasteiger partial charge in [0.15, 0.2) is 0 Å². The number of unbranched alkanes of at least 4 members (excludes halogenated alkanes) is 1. The first-order valence-corrected chi connectivity index (χ1v) is 12.3. The van der Waals surface area contributed by atoms with Crippen molar-refractivity contribution < 1.29 is 4.39 Å².